The molecule has 106 valence electrons. The number of anilines is 1. The molecule has 1 aliphatic carbocycles. The molecule has 4 heteroatoms. The van der Waals surface area contributed by atoms with E-state index in [0.29, 0.717) is 5.92 Å². The van der Waals surface area contributed by atoms with Gasteiger partial charge in [0.05, 0.1) is 0 Å². The van der Waals surface area contributed by atoms with Gasteiger partial charge >= 0.3 is 0 Å². The number of aryl methyl sites for hydroxylation is 2. The number of benzene rings is 1. The molecule has 3 rings (SSSR count). The number of carbonyl (C=O) groups excluding carboxylic acids is 2. The summed E-state index contributed by atoms with van der Waals surface area (Å²) in [5, 5.41) is 2.88. The second kappa shape index (κ2) is 4.62. The molecule has 1 saturated carbocycles. The smallest absolute Gasteiger partial charge is 0.250 e. The van der Waals surface area contributed by atoms with E-state index >= 15 is 0 Å². The maximum Gasteiger partial charge on any atom is 0.250 e. The lowest BCUT2D eigenvalue weighted by Crippen LogP contribution is -2.63. The van der Waals surface area contributed by atoms with Gasteiger partial charge in [0, 0.05) is 5.69 Å². The maximum absolute atomic E-state index is 12.7. The first kappa shape index (κ1) is 13.2. The van der Waals surface area contributed by atoms with Crippen LogP contribution in [0.1, 0.15) is 30.9 Å². The number of hydrogen-bond donors (Lipinski definition) is 1. The minimum absolute atomic E-state index is 0.0338. The highest BCUT2D eigenvalue weighted by molar-refractivity contribution is 6.08. The molecule has 20 heavy (non-hydrogen) atoms. The molecule has 1 saturated heterocycles. The molecule has 2 aliphatic rings. The zero-order valence-electron chi connectivity index (χ0n) is 12.1. The molecule has 4 nitrogen and oxygen atoms in total. The first-order chi connectivity index (χ1) is 9.49. The molecular formula is C16H20N2O2. The number of nitrogens with one attached hydrogen (secondary N) is 1. The zero-order valence-corrected chi connectivity index (χ0v) is 12.1. The highest BCUT2D eigenvalue weighted by Gasteiger charge is 2.46. The van der Waals surface area contributed by atoms with Gasteiger partial charge in [0.1, 0.15) is 12.1 Å². The fourth-order valence-corrected chi connectivity index (χ4v) is 2.95. The zero-order chi connectivity index (χ0) is 14.4. The van der Waals surface area contributed by atoms with E-state index in [1.807, 2.05) is 32.0 Å². The quantitative estimate of drug-likeness (QED) is 0.894. The van der Waals surface area contributed by atoms with Crippen LogP contribution in [-0.4, -0.2) is 23.9 Å². The molecule has 0 bridgehead atoms. The molecule has 2 atom stereocenters. The van der Waals surface area contributed by atoms with Crippen molar-refractivity contribution in [1.82, 2.24) is 5.32 Å². The fourth-order valence-electron chi connectivity index (χ4n) is 2.95. The Labute approximate surface area is 119 Å². The number of nitrogens with zero attached hydrogens (tertiary/aromatic N) is 1. The first-order valence-electron chi connectivity index (χ1n) is 7.19. The highest BCUT2D eigenvalue weighted by atomic mass is 16.2. The first-order valence-corrected chi connectivity index (χ1v) is 7.19. The highest BCUT2D eigenvalue weighted by Crippen LogP contribution is 2.36. The summed E-state index contributed by atoms with van der Waals surface area (Å²) in [6.45, 7) is 5.80. The lowest BCUT2D eigenvalue weighted by atomic mass is 10.0. The van der Waals surface area contributed by atoms with Crippen LogP contribution >= 0.6 is 0 Å². The molecule has 2 amide bonds. The van der Waals surface area contributed by atoms with Gasteiger partial charge in [0.2, 0.25) is 5.91 Å². The van der Waals surface area contributed by atoms with Crippen molar-refractivity contribution in [3.05, 3.63) is 29.3 Å². The third-order valence-electron chi connectivity index (χ3n) is 4.27. The SMILES string of the molecule is Cc1ccc(N2C(=O)C(C3CC3)NC(=O)C2C)c(C)c1. The molecule has 0 aromatic heterocycles. The van der Waals surface area contributed by atoms with E-state index in [9.17, 15) is 9.59 Å². The van der Waals surface area contributed by atoms with Gasteiger partial charge in [-0.3, -0.25) is 14.5 Å². The summed E-state index contributed by atoms with van der Waals surface area (Å²) in [6.07, 6.45) is 2.07. The summed E-state index contributed by atoms with van der Waals surface area (Å²) >= 11 is 0. The van der Waals surface area contributed by atoms with Crippen molar-refractivity contribution < 1.29 is 9.59 Å². The van der Waals surface area contributed by atoms with Crippen LogP contribution in [0.3, 0.4) is 0 Å². The summed E-state index contributed by atoms with van der Waals surface area (Å²) < 4.78 is 0. The van der Waals surface area contributed by atoms with Crippen LogP contribution in [0.5, 0.6) is 0 Å². The van der Waals surface area contributed by atoms with E-state index in [0.717, 1.165) is 29.7 Å². The Morgan fingerprint density at radius 2 is 1.90 bits per heavy atom. The van der Waals surface area contributed by atoms with Gasteiger partial charge < -0.3 is 5.32 Å². The number of rotatable bonds is 2. The van der Waals surface area contributed by atoms with Crippen molar-refractivity contribution >= 4 is 17.5 Å². The van der Waals surface area contributed by atoms with E-state index in [2.05, 4.69) is 5.32 Å². The van der Waals surface area contributed by atoms with Crippen molar-refractivity contribution in [2.75, 3.05) is 4.90 Å². The third-order valence-corrected chi connectivity index (χ3v) is 4.27. The summed E-state index contributed by atoms with van der Waals surface area (Å²) in [5.41, 5.74) is 3.05. The molecule has 0 radical (unpaired) electrons. The topological polar surface area (TPSA) is 49.4 Å². The molecule has 1 N–H and O–H groups in total. The van der Waals surface area contributed by atoms with Crippen molar-refractivity contribution in [1.29, 1.82) is 0 Å². The van der Waals surface area contributed by atoms with Crippen LogP contribution in [0, 0.1) is 19.8 Å². The molecule has 1 heterocycles. The predicted octanol–water partition coefficient (Wildman–Crippen LogP) is 1.93. The molecular weight excluding hydrogens is 252 g/mol. The number of hydrogen-bond acceptors (Lipinski definition) is 2. The third kappa shape index (κ3) is 2.09. The lowest BCUT2D eigenvalue weighted by Gasteiger charge is -2.38. The van der Waals surface area contributed by atoms with Crippen molar-refractivity contribution in [3.8, 4) is 0 Å². The van der Waals surface area contributed by atoms with Gasteiger partial charge in [-0.1, -0.05) is 17.7 Å². The van der Waals surface area contributed by atoms with Crippen LogP contribution in [-0.2, 0) is 9.59 Å². The van der Waals surface area contributed by atoms with Gasteiger partial charge in [-0.2, -0.15) is 0 Å². The van der Waals surface area contributed by atoms with Crippen LogP contribution in [0.25, 0.3) is 0 Å². The maximum atomic E-state index is 12.7. The van der Waals surface area contributed by atoms with Crippen molar-refractivity contribution in [2.45, 2.75) is 45.7 Å². The summed E-state index contributed by atoms with van der Waals surface area (Å²) in [6, 6.07) is 5.20. The largest absolute Gasteiger partial charge is 0.342 e. The van der Waals surface area contributed by atoms with E-state index in [4.69, 9.17) is 0 Å². The fraction of sp³-hybridized carbons (Fsp3) is 0.500. The molecule has 2 fully saturated rings. The standard InChI is InChI=1S/C16H20N2O2/c1-9-4-7-13(10(2)8-9)18-11(3)15(19)17-14(16(18)20)12-5-6-12/h4,7-8,11-12,14H,5-6H2,1-3H3,(H,17,19). The van der Waals surface area contributed by atoms with Crippen LogP contribution < -0.4 is 10.2 Å². The Bertz CT molecular complexity index is 578. The van der Waals surface area contributed by atoms with E-state index in [1.54, 1.807) is 11.8 Å². The van der Waals surface area contributed by atoms with Crippen LogP contribution in [0.15, 0.2) is 18.2 Å². The average molecular weight is 272 g/mol. The summed E-state index contributed by atoms with van der Waals surface area (Å²) in [4.78, 5) is 26.5. The minimum atomic E-state index is -0.445. The summed E-state index contributed by atoms with van der Waals surface area (Å²) in [5.74, 6) is 0.306. The van der Waals surface area contributed by atoms with Gasteiger partial charge in [0.25, 0.3) is 5.91 Å². The normalized spacial score (nSPS) is 26.6. The van der Waals surface area contributed by atoms with E-state index in [1.165, 1.54) is 0 Å². The van der Waals surface area contributed by atoms with Crippen LogP contribution in [0.2, 0.25) is 0 Å². The van der Waals surface area contributed by atoms with Crippen molar-refractivity contribution in [3.63, 3.8) is 0 Å². The Kier molecular flexibility index (Phi) is 3.04. The number of amides is 2. The number of piperazine rings is 1. The minimum Gasteiger partial charge on any atom is -0.342 e. The molecule has 1 aliphatic heterocycles. The van der Waals surface area contributed by atoms with Gasteiger partial charge in [-0.25, -0.2) is 0 Å². The molecule has 2 unspecified atom stereocenters. The number of carbonyl (C=O) groups is 2. The van der Waals surface area contributed by atoms with Crippen LogP contribution in [0.4, 0.5) is 5.69 Å². The van der Waals surface area contributed by atoms with Gasteiger partial charge in [-0.05, 0) is 51.2 Å². The van der Waals surface area contributed by atoms with Crippen molar-refractivity contribution in [2.24, 2.45) is 5.92 Å². The lowest BCUT2D eigenvalue weighted by molar-refractivity contribution is -0.134. The Hall–Kier alpha value is -1.84. The Morgan fingerprint density at radius 1 is 1.20 bits per heavy atom. The van der Waals surface area contributed by atoms with Gasteiger partial charge in [0.15, 0.2) is 0 Å². The van der Waals surface area contributed by atoms with E-state index < -0.39 is 6.04 Å². The Morgan fingerprint density at radius 3 is 2.50 bits per heavy atom. The summed E-state index contributed by atoms with van der Waals surface area (Å²) in [7, 11) is 0. The average Bonchev–Trinajstić information content (AvgIpc) is 3.21. The molecule has 1 aromatic rings. The Balaban J connectivity index is 1.99. The monoisotopic (exact) mass is 272 g/mol. The predicted molar refractivity (Wildman–Crippen MR) is 77.5 cm³/mol. The van der Waals surface area contributed by atoms with Gasteiger partial charge in [-0.15, -0.1) is 0 Å². The second-order valence-corrected chi connectivity index (χ2v) is 6.00. The second-order valence-electron chi connectivity index (χ2n) is 6.00. The molecule has 0 spiro atoms. The van der Waals surface area contributed by atoms with E-state index in [-0.39, 0.29) is 17.9 Å². The molecule has 1 aromatic carbocycles.